The highest BCUT2D eigenvalue weighted by atomic mass is 35.5. The minimum absolute atomic E-state index is 0.0714. The Hall–Kier alpha value is -1.73. The van der Waals surface area contributed by atoms with E-state index in [0.29, 0.717) is 21.5 Å². The molecule has 3 rings (SSSR count). The molecule has 3 N–H and O–H groups in total. The molecule has 0 radical (unpaired) electrons. The van der Waals surface area contributed by atoms with Gasteiger partial charge in [0.15, 0.2) is 0 Å². The van der Waals surface area contributed by atoms with Crippen LogP contribution in [0.1, 0.15) is 18.4 Å². The van der Waals surface area contributed by atoms with Crippen molar-refractivity contribution < 1.29 is 9.59 Å². The van der Waals surface area contributed by atoms with E-state index in [-0.39, 0.29) is 36.2 Å². The second kappa shape index (κ2) is 9.46. The summed E-state index contributed by atoms with van der Waals surface area (Å²) >= 11 is 13.5. The van der Waals surface area contributed by atoms with Gasteiger partial charge in [-0.1, -0.05) is 41.4 Å². The Bertz CT molecular complexity index is 834. The first kappa shape index (κ1) is 20.0. The maximum absolute atomic E-state index is 12.3. The van der Waals surface area contributed by atoms with Crippen molar-refractivity contribution >= 4 is 52.5 Å². The first-order valence-corrected chi connectivity index (χ1v) is 10.3. The molecule has 1 aliphatic rings. The van der Waals surface area contributed by atoms with E-state index in [4.69, 9.17) is 23.2 Å². The molecule has 5 nitrogen and oxygen atoms in total. The molecule has 1 heterocycles. The van der Waals surface area contributed by atoms with Crippen molar-refractivity contribution in [1.82, 2.24) is 10.6 Å². The number of carbonyl (C=O) groups is 2. The van der Waals surface area contributed by atoms with Gasteiger partial charge in [0, 0.05) is 40.4 Å². The van der Waals surface area contributed by atoms with Crippen LogP contribution >= 0.6 is 35.0 Å². The number of thioether (sulfide) groups is 1. The van der Waals surface area contributed by atoms with Gasteiger partial charge < -0.3 is 10.6 Å². The minimum atomic E-state index is -0.255. The van der Waals surface area contributed by atoms with E-state index in [1.807, 2.05) is 24.3 Å². The predicted octanol–water partition coefficient (Wildman–Crippen LogP) is 4.02. The molecular formula is C19H19Cl2N3O2S. The number of amides is 2. The van der Waals surface area contributed by atoms with E-state index in [1.165, 1.54) is 0 Å². The molecule has 2 aromatic rings. The third kappa shape index (κ3) is 6.43. The van der Waals surface area contributed by atoms with Gasteiger partial charge in [0.1, 0.15) is 5.50 Å². The molecular weight excluding hydrogens is 405 g/mol. The van der Waals surface area contributed by atoms with Gasteiger partial charge in [-0.15, -0.1) is 11.8 Å². The second-order valence-corrected chi connectivity index (χ2v) is 8.19. The average molecular weight is 424 g/mol. The van der Waals surface area contributed by atoms with Crippen LogP contribution in [-0.2, 0) is 15.3 Å². The van der Waals surface area contributed by atoms with Crippen molar-refractivity contribution in [1.29, 1.82) is 0 Å². The maximum atomic E-state index is 12.3. The maximum Gasteiger partial charge on any atom is 0.225 e. The van der Waals surface area contributed by atoms with Gasteiger partial charge >= 0.3 is 0 Å². The highest BCUT2D eigenvalue weighted by molar-refractivity contribution is 7.99. The van der Waals surface area contributed by atoms with Gasteiger partial charge in [-0.3, -0.25) is 14.9 Å². The lowest BCUT2D eigenvalue weighted by Crippen LogP contribution is -2.55. The van der Waals surface area contributed by atoms with Gasteiger partial charge in [0.2, 0.25) is 11.8 Å². The van der Waals surface area contributed by atoms with Crippen molar-refractivity contribution in [2.75, 3.05) is 5.32 Å². The van der Waals surface area contributed by atoms with E-state index in [2.05, 4.69) is 16.0 Å². The highest BCUT2D eigenvalue weighted by Gasteiger charge is 2.27. The number of hydrogen-bond donors (Lipinski definition) is 3. The third-order valence-corrected chi connectivity index (χ3v) is 5.51. The molecule has 142 valence electrons. The molecule has 2 atom stereocenters. The zero-order chi connectivity index (χ0) is 19.2. The predicted molar refractivity (Wildman–Crippen MR) is 111 cm³/mol. The van der Waals surface area contributed by atoms with E-state index < -0.39 is 0 Å². The Morgan fingerprint density at radius 2 is 1.89 bits per heavy atom. The molecule has 0 spiro atoms. The normalized spacial score (nSPS) is 19.4. The van der Waals surface area contributed by atoms with Crippen LogP contribution in [0.2, 0.25) is 10.0 Å². The Morgan fingerprint density at radius 3 is 2.63 bits per heavy atom. The van der Waals surface area contributed by atoms with Gasteiger partial charge in [-0.05, 0) is 35.9 Å². The van der Waals surface area contributed by atoms with Crippen LogP contribution in [0, 0.1) is 0 Å². The number of halogens is 2. The van der Waals surface area contributed by atoms with Crippen molar-refractivity contribution in [3.05, 3.63) is 64.1 Å². The summed E-state index contributed by atoms with van der Waals surface area (Å²) in [5, 5.41) is 10.2. The zero-order valence-corrected chi connectivity index (χ0v) is 16.7. The molecule has 0 aromatic heterocycles. The van der Waals surface area contributed by atoms with Gasteiger partial charge in [0.05, 0.1) is 0 Å². The fourth-order valence-electron chi connectivity index (χ4n) is 2.77. The molecule has 2 aromatic carbocycles. The molecule has 0 saturated carbocycles. The van der Waals surface area contributed by atoms with Crippen LogP contribution in [0.5, 0.6) is 0 Å². The van der Waals surface area contributed by atoms with Crippen LogP contribution in [0.25, 0.3) is 0 Å². The van der Waals surface area contributed by atoms with E-state index in [0.717, 1.165) is 5.56 Å². The number of nitrogens with one attached hydrogen (secondary N) is 3. The molecule has 2 amide bonds. The van der Waals surface area contributed by atoms with Gasteiger partial charge in [-0.2, -0.15) is 0 Å². The SMILES string of the molecule is O=C(CC1CC(=O)NC(SCc2cccc(Cl)c2)N1)Nc1cccc(Cl)c1. The molecule has 1 fully saturated rings. The summed E-state index contributed by atoms with van der Waals surface area (Å²) in [6.07, 6.45) is 0.464. The quantitative estimate of drug-likeness (QED) is 0.655. The standard InChI is InChI=1S/C19H19Cl2N3O2S/c20-13-4-1-3-12(7-13)11-27-19-23-16(10-18(26)24-19)9-17(25)22-15-6-2-5-14(21)8-15/h1-8,16,19,23H,9-11H2,(H,22,25)(H,24,26). The lowest BCUT2D eigenvalue weighted by molar-refractivity contribution is -0.124. The zero-order valence-electron chi connectivity index (χ0n) is 14.4. The Morgan fingerprint density at radius 1 is 1.15 bits per heavy atom. The fourth-order valence-corrected chi connectivity index (χ4v) is 4.22. The van der Waals surface area contributed by atoms with E-state index >= 15 is 0 Å². The van der Waals surface area contributed by atoms with Crippen molar-refractivity contribution in [2.24, 2.45) is 0 Å². The van der Waals surface area contributed by atoms with Crippen LogP contribution < -0.4 is 16.0 Å². The molecule has 8 heteroatoms. The Labute approximate surface area is 172 Å². The summed E-state index contributed by atoms with van der Waals surface area (Å²) in [7, 11) is 0. The van der Waals surface area contributed by atoms with Crippen molar-refractivity contribution in [2.45, 2.75) is 30.1 Å². The molecule has 0 aliphatic carbocycles. The molecule has 2 unspecified atom stereocenters. The number of hydrogen-bond acceptors (Lipinski definition) is 4. The van der Waals surface area contributed by atoms with Crippen molar-refractivity contribution in [3.8, 4) is 0 Å². The Balaban J connectivity index is 1.52. The number of rotatable bonds is 6. The average Bonchev–Trinajstić information content (AvgIpc) is 2.59. The smallest absolute Gasteiger partial charge is 0.225 e. The lowest BCUT2D eigenvalue weighted by atomic mass is 10.1. The summed E-state index contributed by atoms with van der Waals surface area (Å²) in [6.45, 7) is 0. The first-order valence-electron chi connectivity index (χ1n) is 8.45. The molecule has 1 saturated heterocycles. The number of benzene rings is 2. The van der Waals surface area contributed by atoms with Gasteiger partial charge in [0.25, 0.3) is 0 Å². The van der Waals surface area contributed by atoms with Crippen LogP contribution in [-0.4, -0.2) is 23.4 Å². The lowest BCUT2D eigenvalue weighted by Gasteiger charge is -2.31. The first-order chi connectivity index (χ1) is 13.0. The Kier molecular flexibility index (Phi) is 7.01. The van der Waals surface area contributed by atoms with Gasteiger partial charge in [-0.25, -0.2) is 0 Å². The monoisotopic (exact) mass is 423 g/mol. The van der Waals surface area contributed by atoms with Crippen LogP contribution in [0.3, 0.4) is 0 Å². The molecule has 1 aliphatic heterocycles. The summed E-state index contributed by atoms with van der Waals surface area (Å²) in [4.78, 5) is 24.3. The fraction of sp³-hybridized carbons (Fsp3) is 0.263. The second-order valence-electron chi connectivity index (χ2n) is 6.22. The summed E-state index contributed by atoms with van der Waals surface area (Å²) in [6, 6.07) is 14.3. The van der Waals surface area contributed by atoms with Crippen LogP contribution in [0.15, 0.2) is 48.5 Å². The van der Waals surface area contributed by atoms with Crippen molar-refractivity contribution in [3.63, 3.8) is 0 Å². The van der Waals surface area contributed by atoms with E-state index in [9.17, 15) is 9.59 Å². The molecule has 0 bridgehead atoms. The largest absolute Gasteiger partial charge is 0.332 e. The summed E-state index contributed by atoms with van der Waals surface area (Å²) < 4.78 is 0. The highest BCUT2D eigenvalue weighted by Crippen LogP contribution is 2.21. The summed E-state index contributed by atoms with van der Waals surface area (Å²) in [5.41, 5.74) is 1.46. The molecule has 27 heavy (non-hydrogen) atoms. The summed E-state index contributed by atoms with van der Waals surface area (Å²) in [5.74, 6) is 0.459. The van der Waals surface area contributed by atoms with E-state index in [1.54, 1.807) is 36.0 Å². The number of carbonyl (C=O) groups excluding carboxylic acids is 2. The topological polar surface area (TPSA) is 70.2 Å². The number of anilines is 1. The third-order valence-electron chi connectivity index (χ3n) is 3.96. The van der Waals surface area contributed by atoms with Crippen LogP contribution in [0.4, 0.5) is 5.69 Å². The minimum Gasteiger partial charge on any atom is -0.332 e.